The lowest BCUT2D eigenvalue weighted by Crippen LogP contribution is -2.41. The summed E-state index contributed by atoms with van der Waals surface area (Å²) in [5.41, 5.74) is 2.33. The molecular weight excluding hydrogens is 442 g/mol. The first-order valence-corrected chi connectivity index (χ1v) is 13.2. The number of carbonyl (C=O) groups is 1. The van der Waals surface area contributed by atoms with Crippen molar-refractivity contribution in [3.05, 3.63) is 90.8 Å². The van der Waals surface area contributed by atoms with Gasteiger partial charge in [0.05, 0.1) is 5.69 Å². The van der Waals surface area contributed by atoms with Gasteiger partial charge in [0.1, 0.15) is 0 Å². The smallest absolute Gasteiger partial charge is 0.243 e. The first-order valence-electron chi connectivity index (χ1n) is 13.2. The number of benzene rings is 3. The number of rotatable bonds is 8. The Kier molecular flexibility index (Phi) is 7.61. The molecule has 4 nitrogen and oxygen atoms in total. The Hall–Kier alpha value is -3.66. The molecule has 0 spiro atoms. The van der Waals surface area contributed by atoms with Crippen molar-refractivity contribution in [2.45, 2.75) is 45.1 Å². The quantitative estimate of drug-likeness (QED) is 0.169. The fourth-order valence-corrected chi connectivity index (χ4v) is 5.64. The summed E-state index contributed by atoms with van der Waals surface area (Å²) in [7, 11) is 0. The lowest BCUT2D eigenvalue weighted by atomic mass is 9.86. The standard InChI is InChI=1S/C32H35N3O/c1-24-21-25(9-6-7-19-34-31(36)16-15-26-10-8-18-33-23-26)17-20-35(24)32-29-13-4-2-11-27(29)22-28-12-3-5-14-30(28)32/h2-5,8,10-16,18,22-25H,6-7,9,17,19-21H2,1H3,(H,34,36). The van der Waals surface area contributed by atoms with Crippen LogP contribution in [0.25, 0.3) is 27.6 Å². The van der Waals surface area contributed by atoms with Crippen LogP contribution in [-0.2, 0) is 4.79 Å². The monoisotopic (exact) mass is 477 g/mol. The lowest BCUT2D eigenvalue weighted by Gasteiger charge is -2.40. The molecule has 2 heterocycles. The number of nitrogens with zero attached hydrogens (tertiary/aromatic N) is 2. The number of carbonyl (C=O) groups excluding carboxylic acids is 1. The van der Waals surface area contributed by atoms with Gasteiger partial charge in [-0.25, -0.2) is 0 Å². The van der Waals surface area contributed by atoms with E-state index in [0.717, 1.165) is 37.4 Å². The zero-order valence-corrected chi connectivity index (χ0v) is 21.1. The van der Waals surface area contributed by atoms with Crippen LogP contribution in [0.15, 0.2) is 85.2 Å². The number of fused-ring (bicyclic) bond motifs is 2. The second-order valence-corrected chi connectivity index (χ2v) is 10.0. The van der Waals surface area contributed by atoms with Gasteiger partial charge in [-0.05, 0) is 66.6 Å². The molecule has 2 unspecified atom stereocenters. The van der Waals surface area contributed by atoms with Crippen LogP contribution < -0.4 is 10.2 Å². The Balaban J connectivity index is 1.13. The Labute approximate surface area is 214 Å². The number of hydrogen-bond acceptors (Lipinski definition) is 3. The van der Waals surface area contributed by atoms with Gasteiger partial charge in [-0.1, -0.05) is 67.4 Å². The summed E-state index contributed by atoms with van der Waals surface area (Å²) in [5.74, 6) is 0.710. The van der Waals surface area contributed by atoms with Crippen LogP contribution in [-0.4, -0.2) is 30.0 Å². The first kappa shape index (κ1) is 24.1. The van der Waals surface area contributed by atoms with Gasteiger partial charge in [0.2, 0.25) is 5.91 Å². The zero-order valence-electron chi connectivity index (χ0n) is 21.1. The maximum Gasteiger partial charge on any atom is 0.243 e. The average Bonchev–Trinajstić information content (AvgIpc) is 2.91. The molecule has 4 aromatic rings. The lowest BCUT2D eigenvalue weighted by molar-refractivity contribution is -0.116. The van der Waals surface area contributed by atoms with Gasteiger partial charge in [0.15, 0.2) is 0 Å². The van der Waals surface area contributed by atoms with E-state index in [4.69, 9.17) is 0 Å². The van der Waals surface area contributed by atoms with Crippen molar-refractivity contribution < 1.29 is 4.79 Å². The Morgan fingerprint density at radius 1 is 1.03 bits per heavy atom. The zero-order chi connectivity index (χ0) is 24.7. The molecule has 1 aromatic heterocycles. The van der Waals surface area contributed by atoms with E-state index in [1.54, 1.807) is 24.5 Å². The van der Waals surface area contributed by atoms with Crippen molar-refractivity contribution in [1.29, 1.82) is 0 Å². The van der Waals surface area contributed by atoms with Crippen molar-refractivity contribution in [1.82, 2.24) is 10.3 Å². The van der Waals surface area contributed by atoms with E-state index in [9.17, 15) is 4.79 Å². The molecule has 36 heavy (non-hydrogen) atoms. The molecule has 1 N–H and O–H groups in total. The summed E-state index contributed by atoms with van der Waals surface area (Å²) in [4.78, 5) is 18.8. The second-order valence-electron chi connectivity index (χ2n) is 10.0. The van der Waals surface area contributed by atoms with E-state index in [2.05, 4.69) is 76.7 Å². The summed E-state index contributed by atoms with van der Waals surface area (Å²) in [6.45, 7) is 4.21. The van der Waals surface area contributed by atoms with Crippen LogP contribution in [0.4, 0.5) is 5.69 Å². The average molecular weight is 478 g/mol. The van der Waals surface area contributed by atoms with Gasteiger partial charge < -0.3 is 10.2 Å². The minimum absolute atomic E-state index is 0.0388. The number of nitrogens with one attached hydrogen (secondary N) is 1. The number of aromatic nitrogens is 1. The molecule has 1 aliphatic heterocycles. The number of amides is 1. The first-order chi connectivity index (χ1) is 17.7. The van der Waals surface area contributed by atoms with Crippen molar-refractivity contribution in [3.63, 3.8) is 0 Å². The van der Waals surface area contributed by atoms with E-state index in [1.807, 2.05) is 12.1 Å². The molecule has 0 radical (unpaired) electrons. The minimum atomic E-state index is -0.0388. The third-order valence-corrected chi connectivity index (χ3v) is 7.46. The molecule has 0 aliphatic carbocycles. The maximum absolute atomic E-state index is 12.1. The van der Waals surface area contributed by atoms with E-state index >= 15 is 0 Å². The number of unbranched alkanes of at least 4 members (excludes halogenated alkanes) is 1. The summed E-state index contributed by atoms with van der Waals surface area (Å²) in [6.07, 6.45) is 12.7. The van der Waals surface area contributed by atoms with Crippen LogP contribution in [0, 0.1) is 5.92 Å². The van der Waals surface area contributed by atoms with Crippen molar-refractivity contribution in [3.8, 4) is 0 Å². The molecule has 1 fully saturated rings. The summed E-state index contributed by atoms with van der Waals surface area (Å²) in [6, 6.07) is 24.2. The van der Waals surface area contributed by atoms with Crippen LogP contribution in [0.2, 0.25) is 0 Å². The van der Waals surface area contributed by atoms with Gasteiger partial charge in [0, 0.05) is 48.4 Å². The number of pyridine rings is 1. The van der Waals surface area contributed by atoms with Crippen molar-refractivity contribution in [2.24, 2.45) is 5.92 Å². The highest BCUT2D eigenvalue weighted by atomic mass is 16.1. The molecular formula is C32H35N3O. The van der Waals surface area contributed by atoms with Gasteiger partial charge >= 0.3 is 0 Å². The molecule has 3 aromatic carbocycles. The molecule has 1 amide bonds. The Bertz CT molecular complexity index is 1290. The highest BCUT2D eigenvalue weighted by Crippen LogP contribution is 2.39. The topological polar surface area (TPSA) is 45.2 Å². The highest BCUT2D eigenvalue weighted by Gasteiger charge is 2.27. The molecule has 2 atom stereocenters. The van der Waals surface area contributed by atoms with E-state index in [-0.39, 0.29) is 5.91 Å². The van der Waals surface area contributed by atoms with Crippen molar-refractivity contribution in [2.75, 3.05) is 18.0 Å². The number of piperidine rings is 1. The van der Waals surface area contributed by atoms with E-state index < -0.39 is 0 Å². The third-order valence-electron chi connectivity index (χ3n) is 7.46. The van der Waals surface area contributed by atoms with Crippen molar-refractivity contribution >= 4 is 39.2 Å². The third kappa shape index (κ3) is 5.59. The summed E-state index contributed by atoms with van der Waals surface area (Å²) < 4.78 is 0. The Morgan fingerprint density at radius 3 is 2.47 bits per heavy atom. The van der Waals surface area contributed by atoms with Gasteiger partial charge in [-0.2, -0.15) is 0 Å². The second kappa shape index (κ2) is 11.4. The van der Waals surface area contributed by atoms with Gasteiger partial charge in [-0.15, -0.1) is 0 Å². The minimum Gasteiger partial charge on any atom is -0.368 e. The summed E-state index contributed by atoms with van der Waals surface area (Å²) >= 11 is 0. The van der Waals surface area contributed by atoms with Crippen LogP contribution in [0.3, 0.4) is 0 Å². The van der Waals surface area contributed by atoms with E-state index in [1.165, 1.54) is 46.5 Å². The molecule has 0 saturated carbocycles. The molecule has 1 saturated heterocycles. The molecule has 184 valence electrons. The molecule has 4 heteroatoms. The van der Waals surface area contributed by atoms with Gasteiger partial charge in [-0.3, -0.25) is 9.78 Å². The molecule has 1 aliphatic rings. The number of anilines is 1. The van der Waals surface area contributed by atoms with Gasteiger partial charge in [0.25, 0.3) is 0 Å². The Morgan fingerprint density at radius 2 is 1.78 bits per heavy atom. The molecule has 0 bridgehead atoms. The predicted molar refractivity (Wildman–Crippen MR) is 151 cm³/mol. The normalized spacial score (nSPS) is 18.2. The highest BCUT2D eigenvalue weighted by molar-refractivity contribution is 6.11. The fourth-order valence-electron chi connectivity index (χ4n) is 5.64. The SMILES string of the molecule is CC1CC(CCCCNC(=O)C=Cc2cccnc2)CCN1c1c2ccccc2cc2ccccc12. The molecule has 5 rings (SSSR count). The van der Waals surface area contributed by atoms with E-state index in [0.29, 0.717) is 6.04 Å². The predicted octanol–water partition coefficient (Wildman–Crippen LogP) is 6.99. The fraction of sp³-hybridized carbons (Fsp3) is 0.312. The summed E-state index contributed by atoms with van der Waals surface area (Å²) in [5, 5.41) is 8.36. The van der Waals surface area contributed by atoms with Crippen LogP contribution >= 0.6 is 0 Å². The number of hydrogen-bond donors (Lipinski definition) is 1. The largest absolute Gasteiger partial charge is 0.368 e. The maximum atomic E-state index is 12.1. The van der Waals surface area contributed by atoms with Crippen LogP contribution in [0.1, 0.15) is 44.6 Å². The van der Waals surface area contributed by atoms with Crippen LogP contribution in [0.5, 0.6) is 0 Å².